The van der Waals surface area contributed by atoms with Crippen molar-refractivity contribution in [3.8, 4) is 0 Å². The van der Waals surface area contributed by atoms with E-state index in [4.69, 9.17) is 10.8 Å². The van der Waals surface area contributed by atoms with Crippen molar-refractivity contribution in [3.05, 3.63) is 76.9 Å². The van der Waals surface area contributed by atoms with Crippen LogP contribution in [0.4, 0.5) is 5.69 Å². The fourth-order valence-electron chi connectivity index (χ4n) is 3.69. The van der Waals surface area contributed by atoms with Crippen LogP contribution in [0.15, 0.2) is 60.2 Å². The first-order valence-corrected chi connectivity index (χ1v) is 8.21. The molecule has 2 atom stereocenters. The second-order valence-electron chi connectivity index (χ2n) is 6.40. The van der Waals surface area contributed by atoms with Gasteiger partial charge in [0.25, 0.3) is 0 Å². The van der Waals surface area contributed by atoms with E-state index < -0.39 is 18.0 Å². The summed E-state index contributed by atoms with van der Waals surface area (Å²) >= 11 is 0. The summed E-state index contributed by atoms with van der Waals surface area (Å²) in [5, 5.41) is 18.7. The Kier molecular flexibility index (Phi) is 4.77. The van der Waals surface area contributed by atoms with Crippen molar-refractivity contribution in [1.82, 2.24) is 4.90 Å². The van der Waals surface area contributed by atoms with E-state index in [-0.39, 0.29) is 11.5 Å². The van der Waals surface area contributed by atoms with Crippen LogP contribution >= 0.6 is 0 Å². The molecule has 0 aliphatic carbocycles. The first-order valence-electron chi connectivity index (χ1n) is 8.21. The van der Waals surface area contributed by atoms with Gasteiger partial charge in [0, 0.05) is 29.8 Å². The summed E-state index contributed by atoms with van der Waals surface area (Å²) in [5.74, 6) is -2.54. The van der Waals surface area contributed by atoms with Crippen molar-refractivity contribution in [2.45, 2.75) is 12.0 Å². The minimum Gasteiger partial charge on any atom is -0.478 e. The number of benzene rings is 2. The van der Waals surface area contributed by atoms with Crippen molar-refractivity contribution < 1.29 is 19.8 Å². The Morgan fingerprint density at radius 1 is 1.12 bits per heavy atom. The van der Waals surface area contributed by atoms with Crippen LogP contribution in [-0.4, -0.2) is 40.6 Å². The molecule has 134 valence electrons. The highest BCUT2D eigenvalue weighted by atomic mass is 16.4. The first kappa shape index (κ1) is 17.7. The molecule has 0 fully saturated rings. The van der Waals surface area contributed by atoms with E-state index in [9.17, 15) is 14.7 Å². The molecule has 2 aromatic carbocycles. The van der Waals surface area contributed by atoms with Crippen LogP contribution in [0.25, 0.3) is 0 Å². The number of carbonyl (C=O) groups is 2. The molecule has 6 heteroatoms. The number of fused-ring (bicyclic) bond motifs is 1. The van der Waals surface area contributed by atoms with Crippen molar-refractivity contribution >= 4 is 17.6 Å². The SMILES string of the molecule is CN1CC(c2ccccc2)c2cccc(N)c2C1C(=CC(=O)O)C(=O)O. The maximum atomic E-state index is 11.8. The van der Waals surface area contributed by atoms with Crippen LogP contribution in [-0.2, 0) is 9.59 Å². The molecule has 0 radical (unpaired) electrons. The molecular weight excluding hydrogens is 332 g/mol. The summed E-state index contributed by atoms with van der Waals surface area (Å²) in [6.45, 7) is 0.551. The fraction of sp³-hybridized carbons (Fsp3) is 0.200. The molecule has 26 heavy (non-hydrogen) atoms. The molecule has 0 bridgehead atoms. The van der Waals surface area contributed by atoms with Gasteiger partial charge in [-0.3, -0.25) is 4.90 Å². The summed E-state index contributed by atoms with van der Waals surface area (Å²) in [6.07, 6.45) is 0.753. The highest BCUT2D eigenvalue weighted by Gasteiger charge is 2.37. The standard InChI is InChI=1S/C20H20N2O4/c1-22-11-15(12-6-3-2-4-7-12)13-8-5-9-16(21)18(13)19(22)14(20(25)26)10-17(23)24/h2-10,15,19H,11,21H2,1H3,(H,23,24)(H,25,26). The largest absolute Gasteiger partial charge is 0.478 e. The Hall–Kier alpha value is -3.12. The molecule has 4 N–H and O–H groups in total. The lowest BCUT2D eigenvalue weighted by atomic mass is 9.78. The lowest BCUT2D eigenvalue weighted by molar-refractivity contribution is -0.135. The van der Waals surface area contributed by atoms with Gasteiger partial charge in [-0.1, -0.05) is 42.5 Å². The second kappa shape index (κ2) is 7.01. The molecule has 0 saturated heterocycles. The molecule has 0 spiro atoms. The maximum Gasteiger partial charge on any atom is 0.333 e. The maximum absolute atomic E-state index is 11.8. The molecule has 1 heterocycles. The zero-order chi connectivity index (χ0) is 18.8. The molecule has 0 aromatic heterocycles. The normalized spacial score (nSPS) is 20.4. The fourth-order valence-corrected chi connectivity index (χ4v) is 3.69. The number of hydrogen-bond donors (Lipinski definition) is 3. The van der Waals surface area contributed by atoms with E-state index >= 15 is 0 Å². The van der Waals surface area contributed by atoms with Gasteiger partial charge >= 0.3 is 11.9 Å². The molecule has 1 aliphatic rings. The van der Waals surface area contributed by atoms with E-state index in [0.717, 1.165) is 17.2 Å². The molecular formula is C20H20N2O4. The average molecular weight is 352 g/mol. The number of nitrogens with two attached hydrogens (primary N) is 1. The zero-order valence-electron chi connectivity index (χ0n) is 14.3. The van der Waals surface area contributed by atoms with Gasteiger partial charge < -0.3 is 15.9 Å². The molecule has 2 aromatic rings. The van der Waals surface area contributed by atoms with E-state index in [1.54, 1.807) is 13.1 Å². The summed E-state index contributed by atoms with van der Waals surface area (Å²) in [5.41, 5.74) is 9.15. The minimum absolute atomic E-state index is 0.0239. The van der Waals surface area contributed by atoms with Crippen LogP contribution in [0, 0.1) is 0 Å². The van der Waals surface area contributed by atoms with Crippen molar-refractivity contribution in [1.29, 1.82) is 0 Å². The lowest BCUT2D eigenvalue weighted by Crippen LogP contribution is -2.38. The highest BCUT2D eigenvalue weighted by Crippen LogP contribution is 2.44. The molecule has 0 amide bonds. The van der Waals surface area contributed by atoms with Gasteiger partial charge in [0.2, 0.25) is 0 Å². The van der Waals surface area contributed by atoms with Gasteiger partial charge in [-0.15, -0.1) is 0 Å². The van der Waals surface area contributed by atoms with Crippen LogP contribution in [0.1, 0.15) is 28.7 Å². The number of likely N-dealkylation sites (N-methyl/N-ethyl adjacent to an activating group) is 1. The summed E-state index contributed by atoms with van der Waals surface area (Å²) in [4.78, 5) is 24.8. The smallest absolute Gasteiger partial charge is 0.333 e. The predicted octanol–water partition coefficient (Wildman–Crippen LogP) is 2.48. The minimum atomic E-state index is -1.29. The summed E-state index contributed by atoms with van der Waals surface area (Å²) in [7, 11) is 1.79. The van der Waals surface area contributed by atoms with Gasteiger partial charge in [0.05, 0.1) is 11.6 Å². The predicted molar refractivity (Wildman–Crippen MR) is 97.9 cm³/mol. The Morgan fingerprint density at radius 2 is 1.81 bits per heavy atom. The number of aliphatic carboxylic acids is 2. The van der Waals surface area contributed by atoms with Gasteiger partial charge in [0.1, 0.15) is 0 Å². The van der Waals surface area contributed by atoms with E-state index in [1.165, 1.54) is 0 Å². The van der Waals surface area contributed by atoms with Gasteiger partial charge in [-0.2, -0.15) is 0 Å². The third kappa shape index (κ3) is 3.19. The highest BCUT2D eigenvalue weighted by molar-refractivity contribution is 5.96. The zero-order valence-corrected chi connectivity index (χ0v) is 14.3. The molecule has 0 saturated carbocycles. The van der Waals surface area contributed by atoms with Crippen molar-refractivity contribution in [2.75, 3.05) is 19.3 Å². The number of anilines is 1. The van der Waals surface area contributed by atoms with E-state index in [0.29, 0.717) is 17.8 Å². The lowest BCUT2D eigenvalue weighted by Gasteiger charge is -2.40. The quantitative estimate of drug-likeness (QED) is 0.577. The van der Waals surface area contributed by atoms with E-state index in [1.807, 2.05) is 47.4 Å². The summed E-state index contributed by atoms with van der Waals surface area (Å²) in [6, 6.07) is 14.7. The second-order valence-corrected chi connectivity index (χ2v) is 6.40. The topological polar surface area (TPSA) is 104 Å². The number of carboxylic acids is 2. The van der Waals surface area contributed by atoms with Gasteiger partial charge in [0.15, 0.2) is 0 Å². The van der Waals surface area contributed by atoms with Gasteiger partial charge in [-0.05, 0) is 24.2 Å². The molecule has 3 rings (SSSR count). The Labute approximate surface area is 151 Å². The number of nitrogen functional groups attached to an aromatic ring is 1. The van der Waals surface area contributed by atoms with Gasteiger partial charge in [-0.25, -0.2) is 9.59 Å². The van der Waals surface area contributed by atoms with Crippen molar-refractivity contribution in [3.63, 3.8) is 0 Å². The van der Waals surface area contributed by atoms with E-state index in [2.05, 4.69) is 0 Å². The molecule has 2 unspecified atom stereocenters. The number of hydrogen-bond acceptors (Lipinski definition) is 4. The summed E-state index contributed by atoms with van der Waals surface area (Å²) < 4.78 is 0. The molecule has 1 aliphatic heterocycles. The number of nitrogens with zero attached hydrogens (tertiary/aromatic N) is 1. The first-order chi connectivity index (χ1) is 12.4. The Balaban J connectivity index is 2.20. The van der Waals surface area contributed by atoms with Crippen molar-refractivity contribution in [2.24, 2.45) is 0 Å². The molecule has 6 nitrogen and oxygen atoms in total. The number of rotatable bonds is 4. The average Bonchev–Trinajstić information content (AvgIpc) is 2.60. The monoisotopic (exact) mass is 352 g/mol. The number of carboxylic acid groups (broad SMARTS) is 2. The van der Waals surface area contributed by atoms with Crippen LogP contribution < -0.4 is 5.73 Å². The Morgan fingerprint density at radius 3 is 2.42 bits per heavy atom. The van der Waals surface area contributed by atoms with Crippen LogP contribution in [0.3, 0.4) is 0 Å². The third-order valence-electron chi connectivity index (χ3n) is 4.76. The van der Waals surface area contributed by atoms with Crippen LogP contribution in [0.5, 0.6) is 0 Å². The Bertz CT molecular complexity index is 877. The third-order valence-corrected chi connectivity index (χ3v) is 4.76. The van der Waals surface area contributed by atoms with Crippen LogP contribution in [0.2, 0.25) is 0 Å².